The van der Waals surface area contributed by atoms with Crippen LogP contribution in [0.3, 0.4) is 0 Å². The second-order valence-electron chi connectivity index (χ2n) is 7.76. The second-order valence-corrected chi connectivity index (χ2v) is 8.59. The number of alkyl carbamates (subject to hydrolysis) is 1. The number of carbonyl (C=O) groups excluding carboxylic acids is 1. The first-order valence-corrected chi connectivity index (χ1v) is 10.0. The van der Waals surface area contributed by atoms with Crippen LogP contribution in [0, 0.1) is 0 Å². The third-order valence-electron chi connectivity index (χ3n) is 3.94. The summed E-state index contributed by atoms with van der Waals surface area (Å²) in [6.07, 6.45) is 3.19. The minimum atomic E-state index is -0.780. The predicted molar refractivity (Wildman–Crippen MR) is 110 cm³/mol. The molecule has 9 heteroatoms. The van der Waals surface area contributed by atoms with E-state index in [-0.39, 0.29) is 13.3 Å². The Balaban J connectivity index is 2.23. The molecule has 0 fully saturated rings. The van der Waals surface area contributed by atoms with Crippen LogP contribution in [-0.2, 0) is 14.3 Å². The zero-order valence-electron chi connectivity index (χ0n) is 17.7. The van der Waals surface area contributed by atoms with Gasteiger partial charge in [-0.3, -0.25) is 4.74 Å². The van der Waals surface area contributed by atoms with E-state index in [0.717, 1.165) is 5.56 Å². The van der Waals surface area contributed by atoms with Crippen molar-refractivity contribution in [3.8, 4) is 11.6 Å². The predicted octanol–water partition coefficient (Wildman–Crippen LogP) is 2.80. The van der Waals surface area contributed by atoms with E-state index < -0.39 is 22.9 Å². The lowest BCUT2D eigenvalue weighted by Gasteiger charge is -2.28. The van der Waals surface area contributed by atoms with Crippen LogP contribution in [-0.4, -0.2) is 42.9 Å². The van der Waals surface area contributed by atoms with Gasteiger partial charge in [-0.25, -0.2) is 9.78 Å². The highest BCUT2D eigenvalue weighted by atomic mass is 35.5. The Bertz CT molecular complexity index is 746. The molecule has 162 valence electrons. The first-order valence-electron chi connectivity index (χ1n) is 9.64. The molecule has 1 amide bonds. The SMILES string of the molecule is CCOc1cc(OC(CNC(=O)OC(C)(C)C)OC[NH3+])c2c(n1)C(C)(Cl)CC=C2. The van der Waals surface area contributed by atoms with E-state index >= 15 is 0 Å². The third-order valence-corrected chi connectivity index (χ3v) is 4.28. The summed E-state index contributed by atoms with van der Waals surface area (Å²) in [6, 6.07) is 1.69. The van der Waals surface area contributed by atoms with E-state index in [1.807, 2.05) is 26.0 Å². The van der Waals surface area contributed by atoms with Crippen LogP contribution in [0.15, 0.2) is 12.1 Å². The van der Waals surface area contributed by atoms with Crippen molar-refractivity contribution in [2.75, 3.05) is 19.9 Å². The molecule has 0 aliphatic heterocycles. The highest BCUT2D eigenvalue weighted by Gasteiger charge is 2.32. The number of ether oxygens (including phenoxy) is 4. The molecule has 0 aromatic carbocycles. The van der Waals surface area contributed by atoms with Gasteiger partial charge < -0.3 is 25.3 Å². The summed E-state index contributed by atoms with van der Waals surface area (Å²) in [5, 5.41) is 2.65. The van der Waals surface area contributed by atoms with Gasteiger partial charge in [0, 0.05) is 11.6 Å². The fourth-order valence-electron chi connectivity index (χ4n) is 2.77. The van der Waals surface area contributed by atoms with Crippen LogP contribution in [0.5, 0.6) is 11.6 Å². The molecule has 29 heavy (non-hydrogen) atoms. The molecule has 0 radical (unpaired) electrons. The molecule has 2 rings (SSSR count). The zero-order chi connectivity index (χ0) is 21.7. The second kappa shape index (κ2) is 9.65. The van der Waals surface area contributed by atoms with Crippen LogP contribution in [0.25, 0.3) is 6.08 Å². The Hall–Kier alpha value is -2.03. The highest BCUT2D eigenvalue weighted by molar-refractivity contribution is 6.24. The van der Waals surface area contributed by atoms with Crippen molar-refractivity contribution in [1.29, 1.82) is 0 Å². The first-order chi connectivity index (χ1) is 13.6. The van der Waals surface area contributed by atoms with E-state index in [0.29, 0.717) is 30.4 Å². The van der Waals surface area contributed by atoms with E-state index in [9.17, 15) is 4.79 Å². The fraction of sp³-hybridized carbons (Fsp3) is 0.600. The van der Waals surface area contributed by atoms with Gasteiger partial charge in [0.25, 0.3) is 0 Å². The number of hydrogen-bond acceptors (Lipinski definition) is 6. The van der Waals surface area contributed by atoms with Crippen molar-refractivity contribution in [1.82, 2.24) is 10.3 Å². The van der Waals surface area contributed by atoms with E-state index in [1.54, 1.807) is 26.8 Å². The molecule has 4 N–H and O–H groups in total. The number of hydrogen-bond donors (Lipinski definition) is 2. The van der Waals surface area contributed by atoms with Gasteiger partial charge in [0.15, 0.2) is 6.73 Å². The number of halogens is 1. The minimum absolute atomic E-state index is 0.0767. The largest absolute Gasteiger partial charge is 0.478 e. The maximum absolute atomic E-state index is 12.0. The average molecular weight is 429 g/mol. The van der Waals surface area contributed by atoms with Crippen LogP contribution < -0.4 is 20.5 Å². The molecule has 2 unspecified atom stereocenters. The first kappa shape index (κ1) is 23.3. The summed E-state index contributed by atoms with van der Waals surface area (Å²) in [5.74, 6) is 0.919. The summed E-state index contributed by atoms with van der Waals surface area (Å²) in [7, 11) is 0. The number of nitrogens with zero attached hydrogens (tertiary/aromatic N) is 1. The summed E-state index contributed by atoms with van der Waals surface area (Å²) in [6.45, 7) is 9.85. The number of alkyl halides is 1. The zero-order valence-corrected chi connectivity index (χ0v) is 18.5. The van der Waals surface area contributed by atoms with Crippen molar-refractivity contribution >= 4 is 23.8 Å². The summed E-state index contributed by atoms with van der Waals surface area (Å²) >= 11 is 6.67. The van der Waals surface area contributed by atoms with E-state index in [4.69, 9.17) is 30.5 Å². The lowest BCUT2D eigenvalue weighted by Crippen LogP contribution is -2.54. The van der Waals surface area contributed by atoms with Gasteiger partial charge >= 0.3 is 6.09 Å². The van der Waals surface area contributed by atoms with Crippen molar-refractivity contribution in [2.45, 2.75) is 57.8 Å². The maximum Gasteiger partial charge on any atom is 0.407 e. The molecule has 8 nitrogen and oxygen atoms in total. The number of carbonyl (C=O) groups is 1. The van der Waals surface area contributed by atoms with Gasteiger partial charge in [0.1, 0.15) is 11.4 Å². The Labute approximate surface area is 176 Å². The quantitative estimate of drug-likeness (QED) is 0.487. The lowest BCUT2D eigenvalue weighted by atomic mass is 9.92. The number of rotatable bonds is 8. The fourth-order valence-corrected chi connectivity index (χ4v) is 3.00. The molecule has 1 heterocycles. The number of quaternary nitrogens is 1. The maximum atomic E-state index is 12.0. The summed E-state index contributed by atoms with van der Waals surface area (Å²) in [4.78, 5) is 15.8. The van der Waals surface area contributed by atoms with Gasteiger partial charge in [-0.1, -0.05) is 12.2 Å². The number of allylic oxidation sites excluding steroid dienone is 1. The monoisotopic (exact) mass is 428 g/mol. The average Bonchev–Trinajstić information content (AvgIpc) is 2.59. The molecular weight excluding hydrogens is 398 g/mol. The Morgan fingerprint density at radius 3 is 2.79 bits per heavy atom. The molecule has 0 bridgehead atoms. The van der Waals surface area contributed by atoms with Crippen LogP contribution in [0.1, 0.15) is 52.3 Å². The van der Waals surface area contributed by atoms with Crippen LogP contribution in [0.4, 0.5) is 4.79 Å². The molecule has 1 aromatic rings. The Kier molecular flexibility index (Phi) is 7.73. The van der Waals surface area contributed by atoms with Crippen molar-refractivity contribution in [3.05, 3.63) is 23.4 Å². The van der Waals surface area contributed by atoms with Gasteiger partial charge in [0.05, 0.1) is 23.7 Å². The number of fused-ring (bicyclic) bond motifs is 1. The molecule has 0 saturated carbocycles. The molecule has 2 atom stereocenters. The van der Waals surface area contributed by atoms with Crippen molar-refractivity contribution in [3.63, 3.8) is 0 Å². The van der Waals surface area contributed by atoms with E-state index in [2.05, 4.69) is 16.0 Å². The van der Waals surface area contributed by atoms with E-state index in [1.165, 1.54) is 0 Å². The lowest BCUT2D eigenvalue weighted by molar-refractivity contribution is -0.444. The molecule has 0 spiro atoms. The Morgan fingerprint density at radius 2 is 2.17 bits per heavy atom. The van der Waals surface area contributed by atoms with Crippen molar-refractivity contribution < 1.29 is 29.5 Å². The van der Waals surface area contributed by atoms with Crippen LogP contribution >= 0.6 is 11.6 Å². The third kappa shape index (κ3) is 6.76. The standard InChI is InChI=1S/C20H30ClN3O5/c1-6-26-15-10-14(13-8-7-9-20(5,21)17(13)24-15)28-16(27-12-22)11-23-18(25)29-19(2,3)4/h7-8,10,16H,6,9,11-12,22H2,1-5H3,(H,23,25)/p+1. The minimum Gasteiger partial charge on any atom is -0.478 e. The number of nitrogens with one attached hydrogen (secondary N) is 1. The highest BCUT2D eigenvalue weighted by Crippen LogP contribution is 2.42. The van der Waals surface area contributed by atoms with Crippen molar-refractivity contribution in [2.24, 2.45) is 0 Å². The molecular formula is C20H31ClN3O5+. The van der Waals surface area contributed by atoms with Gasteiger partial charge in [0.2, 0.25) is 12.2 Å². The molecule has 1 aliphatic rings. The summed E-state index contributed by atoms with van der Waals surface area (Å²) < 4.78 is 22.4. The summed E-state index contributed by atoms with van der Waals surface area (Å²) in [5.41, 5.74) is 4.53. The normalized spacial score (nSPS) is 19.3. The topological polar surface area (TPSA) is 107 Å². The molecule has 1 aromatic heterocycles. The Morgan fingerprint density at radius 1 is 1.45 bits per heavy atom. The van der Waals surface area contributed by atoms with Gasteiger partial charge in [-0.15, -0.1) is 11.6 Å². The number of pyridine rings is 1. The smallest absolute Gasteiger partial charge is 0.407 e. The van der Waals surface area contributed by atoms with Crippen LogP contribution in [0.2, 0.25) is 0 Å². The van der Waals surface area contributed by atoms with Gasteiger partial charge in [-0.05, 0) is 41.0 Å². The number of aromatic nitrogens is 1. The molecule has 0 saturated heterocycles. The van der Waals surface area contributed by atoms with Gasteiger partial charge in [-0.2, -0.15) is 0 Å². The molecule has 1 aliphatic carbocycles. The number of amides is 1.